The van der Waals surface area contributed by atoms with Crippen molar-refractivity contribution in [3.05, 3.63) is 23.7 Å². The summed E-state index contributed by atoms with van der Waals surface area (Å²) in [6.45, 7) is 3.75. The molecule has 2 heterocycles. The van der Waals surface area contributed by atoms with Crippen LogP contribution in [0.1, 0.15) is 54.6 Å². The summed E-state index contributed by atoms with van der Waals surface area (Å²) in [7, 11) is 1.36. The van der Waals surface area contributed by atoms with Crippen molar-refractivity contribution in [1.29, 1.82) is 0 Å². The SMILES string of the molecule is CCCCOC(=O)N1CCC(c2occc2C(=O)OC)CC1. The van der Waals surface area contributed by atoms with Crippen molar-refractivity contribution in [2.75, 3.05) is 26.8 Å². The third kappa shape index (κ3) is 3.81. The number of carbonyl (C=O) groups excluding carboxylic acids is 2. The van der Waals surface area contributed by atoms with E-state index < -0.39 is 0 Å². The van der Waals surface area contributed by atoms with Crippen molar-refractivity contribution >= 4 is 12.1 Å². The van der Waals surface area contributed by atoms with Gasteiger partial charge in [-0.25, -0.2) is 9.59 Å². The van der Waals surface area contributed by atoms with Crippen LogP contribution in [0.25, 0.3) is 0 Å². The van der Waals surface area contributed by atoms with Gasteiger partial charge in [0.05, 0.1) is 20.0 Å². The Morgan fingerprint density at radius 1 is 1.36 bits per heavy atom. The zero-order valence-corrected chi connectivity index (χ0v) is 13.2. The van der Waals surface area contributed by atoms with E-state index in [1.807, 2.05) is 0 Å². The number of likely N-dealkylation sites (tertiary alicyclic amines) is 1. The summed E-state index contributed by atoms with van der Waals surface area (Å²) in [5, 5.41) is 0. The lowest BCUT2D eigenvalue weighted by Gasteiger charge is -2.30. The highest BCUT2D eigenvalue weighted by molar-refractivity contribution is 5.90. The van der Waals surface area contributed by atoms with Crippen LogP contribution in [0.3, 0.4) is 0 Å². The van der Waals surface area contributed by atoms with E-state index in [1.54, 1.807) is 11.0 Å². The molecule has 0 N–H and O–H groups in total. The van der Waals surface area contributed by atoms with Gasteiger partial charge in [-0.2, -0.15) is 0 Å². The molecule has 6 heteroatoms. The van der Waals surface area contributed by atoms with Gasteiger partial charge in [0, 0.05) is 19.0 Å². The molecule has 1 aliphatic heterocycles. The van der Waals surface area contributed by atoms with E-state index in [4.69, 9.17) is 13.9 Å². The Labute approximate surface area is 130 Å². The number of furan rings is 1. The standard InChI is InChI=1S/C16H23NO5/c1-3-4-10-22-16(19)17-8-5-12(6-9-17)14-13(7-11-21-14)15(18)20-2/h7,11-12H,3-6,8-10H2,1-2H3. The molecule has 0 spiro atoms. The first kappa shape index (κ1) is 16.4. The summed E-state index contributed by atoms with van der Waals surface area (Å²) in [6, 6.07) is 1.63. The van der Waals surface area contributed by atoms with Crippen molar-refractivity contribution in [1.82, 2.24) is 4.90 Å². The summed E-state index contributed by atoms with van der Waals surface area (Å²) >= 11 is 0. The quantitative estimate of drug-likeness (QED) is 0.617. The maximum atomic E-state index is 11.9. The highest BCUT2D eigenvalue weighted by Crippen LogP contribution is 2.31. The Hall–Kier alpha value is -1.98. The van der Waals surface area contributed by atoms with Gasteiger partial charge in [0.15, 0.2) is 0 Å². The van der Waals surface area contributed by atoms with E-state index in [0.717, 1.165) is 25.7 Å². The number of piperidine rings is 1. The Balaban J connectivity index is 1.88. The lowest BCUT2D eigenvalue weighted by atomic mass is 9.92. The largest absolute Gasteiger partial charge is 0.468 e. The number of nitrogens with zero attached hydrogens (tertiary/aromatic N) is 1. The summed E-state index contributed by atoms with van der Waals surface area (Å²) in [5.41, 5.74) is 0.478. The van der Waals surface area contributed by atoms with E-state index in [-0.39, 0.29) is 18.0 Å². The molecule has 1 aliphatic rings. The molecule has 1 fully saturated rings. The smallest absolute Gasteiger partial charge is 0.409 e. The molecule has 1 amide bonds. The maximum Gasteiger partial charge on any atom is 0.409 e. The number of methoxy groups -OCH3 is 1. The fraction of sp³-hybridized carbons (Fsp3) is 0.625. The summed E-state index contributed by atoms with van der Waals surface area (Å²) in [4.78, 5) is 25.3. The van der Waals surface area contributed by atoms with Crippen LogP contribution in [-0.4, -0.2) is 43.8 Å². The van der Waals surface area contributed by atoms with E-state index in [1.165, 1.54) is 13.4 Å². The average molecular weight is 309 g/mol. The van der Waals surface area contributed by atoms with Gasteiger partial charge in [0.25, 0.3) is 0 Å². The second kappa shape index (κ2) is 7.87. The zero-order chi connectivity index (χ0) is 15.9. The van der Waals surface area contributed by atoms with Gasteiger partial charge in [-0.05, 0) is 25.3 Å². The summed E-state index contributed by atoms with van der Waals surface area (Å²) < 4.78 is 15.4. The highest BCUT2D eigenvalue weighted by Gasteiger charge is 2.29. The molecule has 1 aromatic rings. The van der Waals surface area contributed by atoms with Gasteiger partial charge < -0.3 is 18.8 Å². The fourth-order valence-corrected chi connectivity index (χ4v) is 2.64. The van der Waals surface area contributed by atoms with Crippen molar-refractivity contribution in [3.63, 3.8) is 0 Å². The van der Waals surface area contributed by atoms with Crippen LogP contribution in [0.15, 0.2) is 16.7 Å². The van der Waals surface area contributed by atoms with Crippen LogP contribution < -0.4 is 0 Å². The minimum atomic E-state index is -0.384. The second-order valence-corrected chi connectivity index (χ2v) is 5.42. The molecule has 2 rings (SSSR count). The highest BCUT2D eigenvalue weighted by atomic mass is 16.6. The molecule has 0 unspecified atom stereocenters. The van der Waals surface area contributed by atoms with Crippen LogP contribution in [0.2, 0.25) is 0 Å². The molecular weight excluding hydrogens is 286 g/mol. The molecule has 0 bridgehead atoms. The van der Waals surface area contributed by atoms with E-state index in [2.05, 4.69) is 6.92 Å². The monoisotopic (exact) mass is 309 g/mol. The van der Waals surface area contributed by atoms with Crippen LogP contribution >= 0.6 is 0 Å². The molecule has 0 radical (unpaired) electrons. The molecule has 0 atom stereocenters. The first-order valence-corrected chi connectivity index (χ1v) is 7.74. The molecular formula is C16H23NO5. The zero-order valence-electron chi connectivity index (χ0n) is 13.2. The van der Waals surface area contributed by atoms with Crippen LogP contribution in [-0.2, 0) is 9.47 Å². The summed E-state index contributed by atoms with van der Waals surface area (Å²) in [5.74, 6) is 0.403. The minimum absolute atomic E-state index is 0.129. The number of hydrogen-bond acceptors (Lipinski definition) is 5. The van der Waals surface area contributed by atoms with Gasteiger partial charge >= 0.3 is 12.1 Å². The first-order valence-electron chi connectivity index (χ1n) is 7.74. The summed E-state index contributed by atoms with van der Waals surface area (Å²) in [6.07, 6.45) is 4.65. The minimum Gasteiger partial charge on any atom is -0.468 e. The fourth-order valence-electron chi connectivity index (χ4n) is 2.64. The molecule has 22 heavy (non-hydrogen) atoms. The van der Waals surface area contributed by atoms with Crippen molar-refractivity contribution in [2.45, 2.75) is 38.5 Å². The predicted molar refractivity (Wildman–Crippen MR) is 79.9 cm³/mol. The van der Waals surface area contributed by atoms with E-state index in [0.29, 0.717) is 31.0 Å². The molecule has 0 saturated carbocycles. The number of esters is 1. The molecule has 1 aromatic heterocycles. The van der Waals surface area contributed by atoms with Crippen LogP contribution in [0, 0.1) is 0 Å². The predicted octanol–water partition coefficient (Wildman–Crippen LogP) is 3.18. The lowest BCUT2D eigenvalue weighted by molar-refractivity contribution is 0.0594. The van der Waals surface area contributed by atoms with Gasteiger partial charge in [-0.15, -0.1) is 0 Å². The molecule has 122 valence electrons. The van der Waals surface area contributed by atoms with Gasteiger partial charge in [-0.3, -0.25) is 0 Å². The Kier molecular flexibility index (Phi) is 5.86. The third-order valence-corrected chi connectivity index (χ3v) is 3.95. The van der Waals surface area contributed by atoms with Crippen molar-refractivity contribution in [2.24, 2.45) is 0 Å². The van der Waals surface area contributed by atoms with E-state index in [9.17, 15) is 9.59 Å². The second-order valence-electron chi connectivity index (χ2n) is 5.42. The van der Waals surface area contributed by atoms with Crippen LogP contribution in [0.4, 0.5) is 4.79 Å². The molecule has 0 aliphatic carbocycles. The number of hydrogen-bond donors (Lipinski definition) is 0. The average Bonchev–Trinajstić information content (AvgIpc) is 3.04. The van der Waals surface area contributed by atoms with Gasteiger partial charge in [-0.1, -0.05) is 13.3 Å². The normalized spacial score (nSPS) is 15.6. The molecule has 6 nitrogen and oxygen atoms in total. The van der Waals surface area contributed by atoms with Crippen LogP contribution in [0.5, 0.6) is 0 Å². The Morgan fingerprint density at radius 3 is 2.73 bits per heavy atom. The number of ether oxygens (including phenoxy) is 2. The lowest BCUT2D eigenvalue weighted by Crippen LogP contribution is -2.38. The molecule has 1 saturated heterocycles. The number of rotatable bonds is 5. The van der Waals surface area contributed by atoms with E-state index >= 15 is 0 Å². The first-order chi connectivity index (χ1) is 10.7. The Morgan fingerprint density at radius 2 is 2.09 bits per heavy atom. The topological polar surface area (TPSA) is 69.0 Å². The number of carbonyl (C=O) groups is 2. The van der Waals surface area contributed by atoms with Gasteiger partial charge in [0.2, 0.25) is 0 Å². The van der Waals surface area contributed by atoms with Crippen molar-refractivity contribution in [3.8, 4) is 0 Å². The Bertz CT molecular complexity index is 502. The maximum absolute atomic E-state index is 11.9. The van der Waals surface area contributed by atoms with Gasteiger partial charge in [0.1, 0.15) is 11.3 Å². The molecule has 0 aromatic carbocycles. The third-order valence-electron chi connectivity index (χ3n) is 3.95. The number of amides is 1. The van der Waals surface area contributed by atoms with Crippen molar-refractivity contribution < 1.29 is 23.5 Å². The number of unbranched alkanes of at least 4 members (excludes halogenated alkanes) is 1.